The Morgan fingerprint density at radius 3 is 2.29 bits per heavy atom. The molecule has 0 bridgehead atoms. The molecule has 0 spiro atoms. The second kappa shape index (κ2) is 9.39. The summed E-state index contributed by atoms with van der Waals surface area (Å²) < 4.78 is 17.0. The van der Waals surface area contributed by atoms with Gasteiger partial charge in [-0.15, -0.1) is 0 Å². The summed E-state index contributed by atoms with van der Waals surface area (Å²) in [6.45, 7) is 9.88. The molecular formula is C24H29NO6. The fourth-order valence-electron chi connectivity index (χ4n) is 3.51. The Labute approximate surface area is 182 Å². The van der Waals surface area contributed by atoms with E-state index in [9.17, 15) is 14.7 Å². The average molecular weight is 427 g/mol. The molecule has 2 heterocycles. The van der Waals surface area contributed by atoms with Crippen molar-refractivity contribution in [2.45, 2.75) is 52.9 Å². The van der Waals surface area contributed by atoms with Crippen LogP contribution >= 0.6 is 0 Å². The van der Waals surface area contributed by atoms with E-state index >= 15 is 0 Å². The van der Waals surface area contributed by atoms with Gasteiger partial charge < -0.3 is 23.9 Å². The normalized spacial score (nSPS) is 18.4. The van der Waals surface area contributed by atoms with E-state index < -0.39 is 17.7 Å². The highest BCUT2D eigenvalue weighted by molar-refractivity contribution is 6.46. The van der Waals surface area contributed by atoms with Crippen LogP contribution < -0.4 is 4.74 Å². The highest BCUT2D eigenvalue weighted by Crippen LogP contribution is 2.40. The van der Waals surface area contributed by atoms with Gasteiger partial charge in [-0.2, -0.15) is 0 Å². The van der Waals surface area contributed by atoms with Crippen LogP contribution in [-0.4, -0.2) is 47.1 Å². The molecule has 1 amide bonds. The molecule has 1 aliphatic heterocycles. The first-order valence-corrected chi connectivity index (χ1v) is 10.4. The van der Waals surface area contributed by atoms with E-state index in [1.54, 1.807) is 43.3 Å². The lowest BCUT2D eigenvalue weighted by Crippen LogP contribution is -2.33. The van der Waals surface area contributed by atoms with Crippen molar-refractivity contribution in [3.05, 3.63) is 59.1 Å². The van der Waals surface area contributed by atoms with Gasteiger partial charge in [-0.3, -0.25) is 9.59 Å². The predicted molar refractivity (Wildman–Crippen MR) is 116 cm³/mol. The minimum Gasteiger partial charge on any atom is -0.507 e. The highest BCUT2D eigenvalue weighted by Gasteiger charge is 2.47. The van der Waals surface area contributed by atoms with Gasteiger partial charge in [0, 0.05) is 12.1 Å². The number of aliphatic hydroxyl groups is 1. The highest BCUT2D eigenvalue weighted by atomic mass is 16.5. The third-order valence-corrected chi connectivity index (χ3v) is 4.85. The molecule has 0 saturated carbocycles. The fourth-order valence-corrected chi connectivity index (χ4v) is 3.51. The number of rotatable bonds is 8. The second-order valence-electron chi connectivity index (χ2n) is 8.05. The summed E-state index contributed by atoms with van der Waals surface area (Å²) in [5.41, 5.74) is 0.419. The van der Waals surface area contributed by atoms with E-state index in [4.69, 9.17) is 13.9 Å². The molecule has 0 radical (unpaired) electrons. The third kappa shape index (κ3) is 4.99. The minimum absolute atomic E-state index is 0.00132. The summed E-state index contributed by atoms with van der Waals surface area (Å²) in [7, 11) is 0. The number of carbonyl (C=O) groups is 2. The van der Waals surface area contributed by atoms with Gasteiger partial charge in [0.15, 0.2) is 0 Å². The fraction of sp³-hybridized carbons (Fsp3) is 0.417. The van der Waals surface area contributed by atoms with E-state index in [1.807, 2.05) is 27.7 Å². The zero-order chi connectivity index (χ0) is 22.7. The van der Waals surface area contributed by atoms with Gasteiger partial charge in [-0.1, -0.05) is 0 Å². The molecule has 7 heteroatoms. The van der Waals surface area contributed by atoms with Crippen molar-refractivity contribution in [3.63, 3.8) is 0 Å². The number of nitrogens with zero attached hydrogens (tertiary/aromatic N) is 1. The molecule has 0 aliphatic carbocycles. The molecule has 2 aromatic rings. The first-order valence-electron chi connectivity index (χ1n) is 10.4. The smallest absolute Gasteiger partial charge is 0.295 e. The van der Waals surface area contributed by atoms with Crippen molar-refractivity contribution in [3.8, 4) is 5.75 Å². The molecule has 166 valence electrons. The predicted octanol–water partition coefficient (Wildman–Crippen LogP) is 4.22. The summed E-state index contributed by atoms with van der Waals surface area (Å²) in [6, 6.07) is 9.41. The van der Waals surface area contributed by atoms with Crippen LogP contribution in [0.5, 0.6) is 5.75 Å². The molecule has 1 unspecified atom stereocenters. The number of hydrogen-bond donors (Lipinski definition) is 1. The maximum Gasteiger partial charge on any atom is 0.295 e. The molecule has 3 rings (SSSR count). The number of furan rings is 1. The molecule has 1 atom stereocenters. The Morgan fingerprint density at radius 2 is 1.74 bits per heavy atom. The van der Waals surface area contributed by atoms with Crippen LogP contribution in [0.1, 0.15) is 50.8 Å². The van der Waals surface area contributed by atoms with E-state index in [1.165, 1.54) is 4.90 Å². The van der Waals surface area contributed by atoms with Crippen molar-refractivity contribution < 1.29 is 28.6 Å². The molecule has 7 nitrogen and oxygen atoms in total. The number of Topliss-reactive ketones (excluding diaryl/α,β-unsaturated/α-hetero) is 1. The van der Waals surface area contributed by atoms with Crippen molar-refractivity contribution in [1.82, 2.24) is 4.90 Å². The monoisotopic (exact) mass is 427 g/mol. The molecule has 1 aromatic heterocycles. The molecule has 1 fully saturated rings. The molecule has 1 aromatic carbocycles. The van der Waals surface area contributed by atoms with Crippen LogP contribution in [0.3, 0.4) is 0 Å². The molecule has 1 N–H and O–H groups in total. The van der Waals surface area contributed by atoms with Gasteiger partial charge in [0.05, 0.1) is 24.4 Å². The lowest BCUT2D eigenvalue weighted by atomic mass is 9.99. The number of ketones is 1. The third-order valence-electron chi connectivity index (χ3n) is 4.85. The average Bonchev–Trinajstić information content (AvgIpc) is 3.23. The number of benzene rings is 1. The maximum absolute atomic E-state index is 12.9. The van der Waals surface area contributed by atoms with Crippen LogP contribution in [0, 0.1) is 6.92 Å². The van der Waals surface area contributed by atoms with E-state index in [0.717, 1.165) is 0 Å². The number of aliphatic hydroxyl groups excluding tert-OH is 1. The summed E-state index contributed by atoms with van der Waals surface area (Å²) in [6.07, 6.45) is 0.00715. The molecule has 1 aliphatic rings. The van der Waals surface area contributed by atoms with Crippen molar-refractivity contribution in [1.29, 1.82) is 0 Å². The van der Waals surface area contributed by atoms with Gasteiger partial charge in [0.1, 0.15) is 29.1 Å². The Hall–Kier alpha value is -3.06. The zero-order valence-electron chi connectivity index (χ0n) is 18.5. The molecule has 1 saturated heterocycles. The van der Waals surface area contributed by atoms with Crippen LogP contribution in [0.15, 0.2) is 46.4 Å². The summed E-state index contributed by atoms with van der Waals surface area (Å²) in [5.74, 6) is 0.0323. The zero-order valence-corrected chi connectivity index (χ0v) is 18.5. The SMILES string of the molecule is Cc1ccc(C2/C(=C(/O)c3ccc(OC(C)C)cc3)C(=O)C(=O)N2CCOC(C)C)o1. The number of hydrogen-bond acceptors (Lipinski definition) is 6. The molecular weight excluding hydrogens is 398 g/mol. The Bertz CT molecular complexity index is 970. The number of likely N-dealkylation sites (tertiary alicyclic amines) is 1. The van der Waals surface area contributed by atoms with Gasteiger partial charge in [0.25, 0.3) is 11.7 Å². The van der Waals surface area contributed by atoms with Crippen LogP contribution in [0.2, 0.25) is 0 Å². The minimum atomic E-state index is -0.823. The summed E-state index contributed by atoms with van der Waals surface area (Å²) in [4.78, 5) is 27.1. The number of aryl methyl sites for hydroxylation is 1. The van der Waals surface area contributed by atoms with Crippen LogP contribution in [0.25, 0.3) is 5.76 Å². The van der Waals surface area contributed by atoms with Crippen LogP contribution in [-0.2, 0) is 14.3 Å². The van der Waals surface area contributed by atoms with E-state index in [2.05, 4.69) is 0 Å². The first-order chi connectivity index (χ1) is 14.7. The number of amides is 1. The Kier molecular flexibility index (Phi) is 6.85. The van der Waals surface area contributed by atoms with Gasteiger partial charge in [-0.25, -0.2) is 0 Å². The Morgan fingerprint density at radius 1 is 1.06 bits per heavy atom. The lowest BCUT2D eigenvalue weighted by molar-refractivity contribution is -0.140. The lowest BCUT2D eigenvalue weighted by Gasteiger charge is -2.23. The topological polar surface area (TPSA) is 89.2 Å². The van der Waals surface area contributed by atoms with Gasteiger partial charge in [0.2, 0.25) is 0 Å². The summed E-state index contributed by atoms with van der Waals surface area (Å²) >= 11 is 0. The van der Waals surface area contributed by atoms with E-state index in [0.29, 0.717) is 22.8 Å². The van der Waals surface area contributed by atoms with Crippen molar-refractivity contribution >= 4 is 17.4 Å². The van der Waals surface area contributed by atoms with Crippen LogP contribution in [0.4, 0.5) is 0 Å². The van der Waals surface area contributed by atoms with Gasteiger partial charge >= 0.3 is 0 Å². The number of ether oxygens (including phenoxy) is 2. The van der Waals surface area contributed by atoms with Crippen molar-refractivity contribution in [2.24, 2.45) is 0 Å². The van der Waals surface area contributed by atoms with E-state index in [-0.39, 0.29) is 36.7 Å². The first kappa shape index (κ1) is 22.6. The van der Waals surface area contributed by atoms with Gasteiger partial charge in [-0.05, 0) is 71.0 Å². The number of carbonyl (C=O) groups excluding carboxylic acids is 2. The van der Waals surface area contributed by atoms with Crippen molar-refractivity contribution in [2.75, 3.05) is 13.2 Å². The largest absolute Gasteiger partial charge is 0.507 e. The second-order valence-corrected chi connectivity index (χ2v) is 8.05. The summed E-state index contributed by atoms with van der Waals surface area (Å²) in [5, 5.41) is 11.0. The standard InChI is InChI=1S/C24H29NO6/c1-14(2)29-13-12-25-21(19-11-6-16(5)31-19)20(23(27)24(25)28)22(26)17-7-9-18(10-8-17)30-15(3)4/h6-11,14-15,21,26H,12-13H2,1-5H3/b22-20-. The molecule has 31 heavy (non-hydrogen) atoms. The maximum atomic E-state index is 12.9. The Balaban J connectivity index is 2.00. The quantitative estimate of drug-likeness (QED) is 0.385.